The van der Waals surface area contributed by atoms with Crippen LogP contribution in [-0.4, -0.2) is 49.4 Å². The van der Waals surface area contributed by atoms with E-state index in [1.807, 2.05) is 42.5 Å². The van der Waals surface area contributed by atoms with E-state index < -0.39 is 0 Å². The molecule has 2 aliphatic heterocycles. The smallest absolute Gasteiger partial charge is 0.228 e. The molecule has 3 aromatic carbocycles. The molecule has 6 rings (SSSR count). The van der Waals surface area contributed by atoms with Gasteiger partial charge < -0.3 is 24.6 Å². The van der Waals surface area contributed by atoms with Crippen molar-refractivity contribution in [3.05, 3.63) is 84.8 Å². The molecule has 2 fully saturated rings. The van der Waals surface area contributed by atoms with Gasteiger partial charge >= 0.3 is 0 Å². The second-order valence-electron chi connectivity index (χ2n) is 11.2. The Kier molecular flexibility index (Phi) is 7.74. The molecule has 4 aromatic rings. The Morgan fingerprint density at radius 2 is 1.73 bits per heavy atom. The van der Waals surface area contributed by atoms with Crippen LogP contribution in [0.5, 0.6) is 11.6 Å². The minimum absolute atomic E-state index is 0.293. The number of benzene rings is 3. The summed E-state index contributed by atoms with van der Waals surface area (Å²) in [6, 6.07) is 18.7. The van der Waals surface area contributed by atoms with Crippen LogP contribution in [0, 0.1) is 17.7 Å². The number of halogens is 1. The van der Waals surface area contributed by atoms with Gasteiger partial charge in [-0.25, -0.2) is 9.37 Å². The van der Waals surface area contributed by atoms with Crippen molar-refractivity contribution in [2.45, 2.75) is 20.3 Å². The van der Waals surface area contributed by atoms with Gasteiger partial charge in [-0.3, -0.25) is 0 Å². The Labute approximate surface area is 240 Å². The van der Waals surface area contributed by atoms with Crippen LogP contribution in [0.1, 0.15) is 25.8 Å². The maximum atomic E-state index is 14.6. The van der Waals surface area contributed by atoms with Crippen molar-refractivity contribution >= 4 is 33.8 Å². The van der Waals surface area contributed by atoms with Gasteiger partial charge in [0.2, 0.25) is 11.8 Å². The van der Waals surface area contributed by atoms with Gasteiger partial charge in [0, 0.05) is 71.8 Å². The molecule has 1 aromatic heterocycles. The number of morpholine rings is 1. The number of nitrogens with zero attached hydrogens (tertiary/aromatic N) is 4. The van der Waals surface area contributed by atoms with E-state index in [4.69, 9.17) is 14.5 Å². The van der Waals surface area contributed by atoms with Crippen LogP contribution in [0.2, 0.25) is 0 Å². The number of fused-ring (bicyclic) bond motifs is 1. The van der Waals surface area contributed by atoms with Gasteiger partial charge in [-0.05, 0) is 48.6 Å². The topological polar surface area (TPSA) is 62.8 Å². The summed E-state index contributed by atoms with van der Waals surface area (Å²) in [6.45, 7) is 13.4. The van der Waals surface area contributed by atoms with Gasteiger partial charge in [-0.1, -0.05) is 44.7 Å². The molecule has 0 radical (unpaired) electrons. The number of ether oxygens (including phenoxy) is 2. The molecule has 2 saturated heterocycles. The van der Waals surface area contributed by atoms with E-state index >= 15 is 0 Å². The molecule has 3 heterocycles. The molecule has 8 heteroatoms. The lowest BCUT2D eigenvalue weighted by atomic mass is 9.92. The van der Waals surface area contributed by atoms with Crippen LogP contribution in [0.4, 0.5) is 21.7 Å². The van der Waals surface area contributed by atoms with E-state index in [0.29, 0.717) is 53.9 Å². The zero-order chi connectivity index (χ0) is 28.3. The summed E-state index contributed by atoms with van der Waals surface area (Å²) in [5, 5.41) is 5.31. The van der Waals surface area contributed by atoms with Crippen LogP contribution in [0.15, 0.2) is 73.4 Å². The van der Waals surface area contributed by atoms with Gasteiger partial charge in [0.1, 0.15) is 11.6 Å². The van der Waals surface area contributed by atoms with Gasteiger partial charge in [0.25, 0.3) is 0 Å². The molecular formula is C33H36FN5O2. The molecule has 2 unspecified atom stereocenters. The number of piperidine rings is 1. The highest BCUT2D eigenvalue weighted by Gasteiger charge is 2.24. The SMILES string of the molecule is C=C(Nc1ccc(Oc2ccnc(N3CC(C)CC(C)C3)n2)c2ccccc12)c1cc(F)cc(N2CCOCC2)c1. The number of aromatic nitrogens is 2. The molecule has 0 bridgehead atoms. The maximum Gasteiger partial charge on any atom is 0.228 e. The molecule has 2 atom stereocenters. The average Bonchev–Trinajstić information content (AvgIpc) is 2.98. The van der Waals surface area contributed by atoms with Gasteiger partial charge in [0.15, 0.2) is 0 Å². The fourth-order valence-electron chi connectivity index (χ4n) is 5.94. The number of hydrogen-bond donors (Lipinski definition) is 1. The molecule has 212 valence electrons. The first-order chi connectivity index (χ1) is 19.9. The Hall–Kier alpha value is -4.17. The summed E-state index contributed by atoms with van der Waals surface area (Å²) >= 11 is 0. The lowest BCUT2D eigenvalue weighted by Gasteiger charge is -2.34. The van der Waals surface area contributed by atoms with Crippen LogP contribution in [0.3, 0.4) is 0 Å². The van der Waals surface area contributed by atoms with Crippen molar-refractivity contribution in [2.24, 2.45) is 11.8 Å². The minimum atomic E-state index is -0.293. The van der Waals surface area contributed by atoms with E-state index in [9.17, 15) is 4.39 Å². The normalized spacial score (nSPS) is 19.3. The van der Waals surface area contributed by atoms with E-state index in [-0.39, 0.29) is 5.82 Å². The molecule has 1 N–H and O–H groups in total. The van der Waals surface area contributed by atoms with Crippen molar-refractivity contribution in [3.8, 4) is 11.6 Å². The summed E-state index contributed by atoms with van der Waals surface area (Å²) < 4.78 is 26.4. The minimum Gasteiger partial charge on any atom is -0.438 e. The highest BCUT2D eigenvalue weighted by Crippen LogP contribution is 2.36. The second-order valence-corrected chi connectivity index (χ2v) is 11.2. The zero-order valence-electron chi connectivity index (χ0n) is 23.6. The standard InChI is InChI=1S/C33H36FN5O2/c1-22-16-23(2)21-39(20-22)33-35-11-10-32(37-33)41-31-9-8-30(28-6-4-5-7-29(28)31)36-24(3)25-17-26(34)19-27(18-25)38-12-14-40-15-13-38/h4-11,17-19,22-23,36H,3,12-16,20-21H2,1-2H3. The Morgan fingerprint density at radius 1 is 0.976 bits per heavy atom. The molecule has 0 saturated carbocycles. The average molecular weight is 554 g/mol. The first-order valence-corrected chi connectivity index (χ1v) is 14.3. The predicted octanol–water partition coefficient (Wildman–Crippen LogP) is 6.96. The Balaban J connectivity index is 1.24. The van der Waals surface area contributed by atoms with Crippen molar-refractivity contribution in [3.63, 3.8) is 0 Å². The van der Waals surface area contributed by atoms with Gasteiger partial charge in [-0.15, -0.1) is 0 Å². The third-order valence-electron chi connectivity index (χ3n) is 7.76. The van der Waals surface area contributed by atoms with E-state index in [1.54, 1.807) is 18.3 Å². The quantitative estimate of drug-likeness (QED) is 0.265. The first kappa shape index (κ1) is 27.0. The second kappa shape index (κ2) is 11.7. The lowest BCUT2D eigenvalue weighted by molar-refractivity contribution is 0.122. The predicted molar refractivity (Wildman–Crippen MR) is 163 cm³/mol. The largest absolute Gasteiger partial charge is 0.438 e. The fourth-order valence-corrected chi connectivity index (χ4v) is 5.94. The maximum absolute atomic E-state index is 14.6. The molecule has 7 nitrogen and oxygen atoms in total. The summed E-state index contributed by atoms with van der Waals surface area (Å²) in [5.41, 5.74) is 3.00. The molecule has 0 amide bonds. The molecule has 0 spiro atoms. The first-order valence-electron chi connectivity index (χ1n) is 14.3. The van der Waals surface area contributed by atoms with Gasteiger partial charge in [0.05, 0.1) is 13.2 Å². The Bertz CT molecular complexity index is 1540. The number of rotatable bonds is 7. The van der Waals surface area contributed by atoms with E-state index in [2.05, 4.69) is 40.5 Å². The van der Waals surface area contributed by atoms with Crippen molar-refractivity contribution in [1.29, 1.82) is 0 Å². The summed E-state index contributed by atoms with van der Waals surface area (Å²) in [4.78, 5) is 13.7. The van der Waals surface area contributed by atoms with Gasteiger partial charge in [-0.2, -0.15) is 4.98 Å². The van der Waals surface area contributed by atoms with E-state index in [1.165, 1.54) is 12.5 Å². The van der Waals surface area contributed by atoms with Crippen LogP contribution < -0.4 is 19.9 Å². The highest BCUT2D eigenvalue weighted by molar-refractivity contribution is 6.00. The van der Waals surface area contributed by atoms with Crippen molar-refractivity contribution < 1.29 is 13.9 Å². The fraction of sp³-hybridized carbons (Fsp3) is 0.333. The van der Waals surface area contributed by atoms with Crippen LogP contribution >= 0.6 is 0 Å². The molecule has 41 heavy (non-hydrogen) atoms. The van der Waals surface area contributed by atoms with Crippen molar-refractivity contribution in [1.82, 2.24) is 9.97 Å². The summed E-state index contributed by atoms with van der Waals surface area (Å²) in [7, 11) is 0. The summed E-state index contributed by atoms with van der Waals surface area (Å²) in [6.07, 6.45) is 2.98. The van der Waals surface area contributed by atoms with Crippen LogP contribution in [-0.2, 0) is 4.74 Å². The molecule has 0 aliphatic carbocycles. The summed E-state index contributed by atoms with van der Waals surface area (Å²) in [5.74, 6) is 2.81. The number of anilines is 3. The zero-order valence-corrected chi connectivity index (χ0v) is 23.6. The monoisotopic (exact) mass is 553 g/mol. The molecular weight excluding hydrogens is 517 g/mol. The number of nitrogens with one attached hydrogen (secondary N) is 1. The van der Waals surface area contributed by atoms with Crippen molar-refractivity contribution in [2.75, 3.05) is 54.5 Å². The third-order valence-corrected chi connectivity index (χ3v) is 7.76. The Morgan fingerprint density at radius 3 is 2.51 bits per heavy atom. The third kappa shape index (κ3) is 6.12. The molecule has 2 aliphatic rings. The van der Waals surface area contributed by atoms with E-state index in [0.717, 1.165) is 48.3 Å². The highest BCUT2D eigenvalue weighted by atomic mass is 19.1. The van der Waals surface area contributed by atoms with Crippen LogP contribution in [0.25, 0.3) is 16.5 Å². The lowest BCUT2D eigenvalue weighted by Crippen LogP contribution is -2.39. The number of hydrogen-bond acceptors (Lipinski definition) is 7.